The second-order valence-corrected chi connectivity index (χ2v) is 21.7. The highest BCUT2D eigenvalue weighted by Crippen LogP contribution is 2.24. The van der Waals surface area contributed by atoms with Gasteiger partial charge in [0.2, 0.25) is 0 Å². The topological polar surface area (TPSA) is 36.9 Å². The predicted molar refractivity (Wildman–Crippen MR) is 276 cm³/mol. The molecule has 0 saturated carbocycles. The van der Waals surface area contributed by atoms with Gasteiger partial charge in [0.15, 0.2) is 0 Å². The zero-order chi connectivity index (χ0) is 52.1. The second kappa shape index (κ2) is 54.0. The summed E-state index contributed by atoms with van der Waals surface area (Å²) in [6.45, 7) is 71.7. The van der Waals surface area contributed by atoms with E-state index in [0.29, 0.717) is 35.9 Å². The summed E-state index contributed by atoms with van der Waals surface area (Å²) in [6.07, 6.45) is 1.89. The lowest BCUT2D eigenvalue weighted by Gasteiger charge is -2.22. The van der Waals surface area contributed by atoms with Crippen LogP contribution < -0.4 is 0 Å². The van der Waals surface area contributed by atoms with Gasteiger partial charge in [0.25, 0.3) is 0 Å². The molecule has 0 aromatic heterocycles. The summed E-state index contributed by atoms with van der Waals surface area (Å²) in [6, 6.07) is 0. The van der Waals surface area contributed by atoms with Crippen LogP contribution in [0.3, 0.4) is 0 Å². The third-order valence-corrected chi connectivity index (χ3v) is 7.51. The first-order valence-electron chi connectivity index (χ1n) is 24.4. The molecular weight excluding hydrogens is 770 g/mol. The van der Waals surface area contributed by atoms with Crippen molar-refractivity contribution in [3.8, 4) is 0 Å². The number of methoxy groups -OCH3 is 1. The lowest BCUT2D eigenvalue weighted by Crippen LogP contribution is -2.23. The first kappa shape index (κ1) is 84.1. The predicted octanol–water partition coefficient (Wildman–Crippen LogP) is 19.9. The molecule has 0 amide bonds. The maximum absolute atomic E-state index is 11.2. The van der Waals surface area contributed by atoms with Gasteiger partial charge in [-0.1, -0.05) is 158 Å². The molecule has 0 aliphatic heterocycles. The highest BCUT2D eigenvalue weighted by Gasteiger charge is 2.31. The Kier molecular flexibility index (Phi) is 74.4. The molecule has 0 aromatic carbocycles. The molecule has 4 nitrogen and oxygen atoms in total. The Morgan fingerprint density at radius 3 is 0.705 bits per heavy atom. The number of hydrogen-bond donors (Lipinski definition) is 0. The minimum atomic E-state index is -4.00. The van der Waals surface area contributed by atoms with E-state index < -0.39 is 12.1 Å². The van der Waals surface area contributed by atoms with Crippen molar-refractivity contribution in [2.75, 3.05) is 13.7 Å². The molecule has 0 aromatic rings. The Hall–Kier alpha value is -0.370. The number of ether oxygens (including phenoxy) is 4. The quantitative estimate of drug-likeness (QED) is 0.219. The smallest absolute Gasteiger partial charge is 0.382 e. The maximum atomic E-state index is 11.2. The average Bonchev–Trinajstić information content (AvgIpc) is 3.00. The molecule has 0 unspecified atom stereocenters. The van der Waals surface area contributed by atoms with Gasteiger partial charge in [0, 0.05) is 19.6 Å². The highest BCUT2D eigenvalue weighted by molar-refractivity contribution is 4.64. The van der Waals surface area contributed by atoms with E-state index in [1.165, 1.54) is 19.3 Å². The first-order valence-corrected chi connectivity index (χ1v) is 24.4. The summed E-state index contributed by atoms with van der Waals surface area (Å²) in [4.78, 5) is 0. The minimum Gasteiger partial charge on any atom is -0.382 e. The Bertz CT molecular complexity index is 673. The fourth-order valence-electron chi connectivity index (χ4n) is 2.16. The summed E-state index contributed by atoms with van der Waals surface area (Å²) in [7, 11) is 1.70. The molecule has 0 aliphatic rings. The molecule has 0 rings (SSSR count). The lowest BCUT2D eigenvalue weighted by atomic mass is 9.84. The van der Waals surface area contributed by atoms with E-state index in [1.54, 1.807) is 7.11 Å². The molecule has 0 saturated heterocycles. The van der Waals surface area contributed by atoms with E-state index in [-0.39, 0.29) is 5.60 Å². The zero-order valence-electron chi connectivity index (χ0n) is 49.0. The van der Waals surface area contributed by atoms with Crippen molar-refractivity contribution in [1.82, 2.24) is 0 Å². The molecule has 0 spiro atoms. The maximum Gasteiger partial charge on any atom is 0.391 e. The summed E-state index contributed by atoms with van der Waals surface area (Å²) in [5.41, 5.74) is 0.522. The van der Waals surface area contributed by atoms with E-state index in [2.05, 4.69) is 145 Å². The van der Waals surface area contributed by atoms with Gasteiger partial charge in [-0.2, -0.15) is 13.2 Å². The Morgan fingerprint density at radius 2 is 0.705 bits per heavy atom. The fraction of sp³-hybridized carbons (Fsp3) is 1.00. The summed E-state index contributed by atoms with van der Waals surface area (Å²) < 4.78 is 54.0. The molecule has 61 heavy (non-hydrogen) atoms. The Labute approximate surface area is 388 Å². The van der Waals surface area contributed by atoms with Crippen LogP contribution in [-0.2, 0) is 18.9 Å². The van der Waals surface area contributed by atoms with Crippen LogP contribution in [0.5, 0.6) is 0 Å². The molecule has 0 N–H and O–H groups in total. The van der Waals surface area contributed by atoms with E-state index in [1.807, 2.05) is 76.2 Å². The number of rotatable bonds is 10. The van der Waals surface area contributed by atoms with Crippen molar-refractivity contribution in [1.29, 1.82) is 0 Å². The molecule has 0 heterocycles. The molecule has 0 atom stereocenters. The first-order chi connectivity index (χ1) is 26.9. The van der Waals surface area contributed by atoms with Gasteiger partial charge in [-0.25, -0.2) is 0 Å². The van der Waals surface area contributed by atoms with Crippen LogP contribution >= 0.6 is 0 Å². The average molecular weight is 896 g/mol. The van der Waals surface area contributed by atoms with Gasteiger partial charge in [0.05, 0.1) is 36.1 Å². The van der Waals surface area contributed by atoms with Crippen molar-refractivity contribution in [2.24, 2.45) is 46.8 Å². The van der Waals surface area contributed by atoms with E-state index in [4.69, 9.17) is 18.9 Å². The molecule has 0 radical (unpaired) electrons. The Morgan fingerprint density at radius 1 is 0.443 bits per heavy atom. The van der Waals surface area contributed by atoms with Crippen LogP contribution in [0, 0.1) is 46.8 Å². The molecule has 0 bridgehead atoms. The second-order valence-electron chi connectivity index (χ2n) is 21.7. The molecule has 0 aliphatic carbocycles. The van der Waals surface area contributed by atoms with Crippen molar-refractivity contribution >= 4 is 0 Å². The van der Waals surface area contributed by atoms with Crippen molar-refractivity contribution in [2.45, 2.75) is 297 Å². The van der Waals surface area contributed by atoms with Gasteiger partial charge in [-0.15, -0.1) is 0 Å². The molecular formula is C54H125F3O4. The van der Waals surface area contributed by atoms with E-state index in [9.17, 15) is 13.2 Å². The van der Waals surface area contributed by atoms with E-state index >= 15 is 0 Å². The summed E-state index contributed by atoms with van der Waals surface area (Å²) in [5.74, 6) is 3.92. The zero-order valence-corrected chi connectivity index (χ0v) is 49.0. The number of alkyl halides is 3. The fourth-order valence-corrected chi connectivity index (χ4v) is 2.16. The van der Waals surface area contributed by atoms with Gasteiger partial charge in [-0.3, -0.25) is 0 Å². The van der Waals surface area contributed by atoms with Gasteiger partial charge < -0.3 is 18.9 Å². The van der Waals surface area contributed by atoms with Gasteiger partial charge >= 0.3 is 6.18 Å². The highest BCUT2D eigenvalue weighted by atomic mass is 19.4. The summed E-state index contributed by atoms with van der Waals surface area (Å²) >= 11 is 0. The van der Waals surface area contributed by atoms with Crippen molar-refractivity contribution in [3.63, 3.8) is 0 Å². The molecule has 0 fully saturated rings. The van der Waals surface area contributed by atoms with Crippen LogP contribution in [0.15, 0.2) is 0 Å². The van der Waals surface area contributed by atoms with Crippen LogP contribution in [0.2, 0.25) is 0 Å². The molecule has 7 heteroatoms. The van der Waals surface area contributed by atoms with Crippen LogP contribution in [0.25, 0.3) is 0 Å². The van der Waals surface area contributed by atoms with Crippen LogP contribution in [-0.4, -0.2) is 56.0 Å². The van der Waals surface area contributed by atoms with Crippen LogP contribution in [0.4, 0.5) is 13.2 Å². The molecule has 386 valence electrons. The van der Waals surface area contributed by atoms with Crippen molar-refractivity contribution in [3.05, 3.63) is 0 Å². The SMILES string of the molecule is CC(C)C.CC(C)C(C)(C)C.CC(C)C(C)C.CC(C)C(F)(F)F.CC(C)OC(C)(C)C.CC(C)OC(C)C.CCC(C)C.CCCC(C)C.CCOC(C)C.COC(C)C. The monoisotopic (exact) mass is 895 g/mol. The van der Waals surface area contributed by atoms with Crippen LogP contribution in [0.1, 0.15) is 255 Å². The summed E-state index contributed by atoms with van der Waals surface area (Å²) in [5, 5.41) is 0. The minimum absolute atomic E-state index is 0.0220. The van der Waals surface area contributed by atoms with Gasteiger partial charge in [-0.05, 0) is 138 Å². The third kappa shape index (κ3) is 165. The Balaban J connectivity index is -0.0000000595. The normalized spacial score (nSPS) is 11.1. The van der Waals surface area contributed by atoms with E-state index in [0.717, 1.165) is 56.0 Å². The van der Waals surface area contributed by atoms with Crippen molar-refractivity contribution < 1.29 is 32.1 Å². The number of hydrogen-bond acceptors (Lipinski definition) is 4. The third-order valence-electron chi connectivity index (χ3n) is 7.51. The number of halogens is 3. The lowest BCUT2D eigenvalue weighted by molar-refractivity contribution is -0.164. The van der Waals surface area contributed by atoms with Gasteiger partial charge in [0.1, 0.15) is 0 Å². The largest absolute Gasteiger partial charge is 0.391 e. The standard InChI is InChI=1S/C7H16O.C7H16.C6H14O.2C6H14.C5H12O.C5H12.C4H7F3.C4H10O.C4H10/c1-6(2)8-7(3,4)5;1-6(2)7(3,4)5;1-5(2)7-6(3)4;1-5(2)6(3)4;1-4-5-6(2)3;1-4-6-5(2)3;1-4-5(2)3;1-3(2)4(5,6)7;1-4(2)5-3;1-4(2)3/h6H,1-5H3;6H,1-5H3;5-6H,1-4H3;5-6H,1-4H3;6H,4-5H2,1-3H3;5H,4H2,1-3H3;5H,4H2,1-3H3;3H,1-2H3;4H,1-3H3;4H,1-3H3.